The van der Waals surface area contributed by atoms with Crippen LogP contribution in [-0.4, -0.2) is 31.2 Å². The van der Waals surface area contributed by atoms with E-state index in [4.69, 9.17) is 14.6 Å². The second-order valence-corrected chi connectivity index (χ2v) is 2.21. The Morgan fingerprint density at radius 3 is 3.20 bits per heavy atom. The molecule has 0 amide bonds. The fraction of sp³-hybridized carbons (Fsp3) is 0.714. The first-order valence-electron chi connectivity index (χ1n) is 3.32. The third-order valence-corrected chi connectivity index (χ3v) is 1.45. The van der Waals surface area contributed by atoms with Crippen molar-refractivity contribution in [3.8, 4) is 0 Å². The van der Waals surface area contributed by atoms with Gasteiger partial charge in [-0.15, -0.1) is 0 Å². The first-order valence-corrected chi connectivity index (χ1v) is 3.32. The molecular weight excluding hydrogens is 132 g/mol. The Morgan fingerprint density at radius 2 is 2.60 bits per heavy atom. The Balaban J connectivity index is 2.38. The lowest BCUT2D eigenvalue weighted by atomic mass is 10.2. The fourth-order valence-electron chi connectivity index (χ4n) is 0.884. The van der Waals surface area contributed by atoms with Crippen molar-refractivity contribution in [2.45, 2.75) is 18.8 Å². The van der Waals surface area contributed by atoms with E-state index >= 15 is 0 Å². The van der Waals surface area contributed by atoms with E-state index in [0.29, 0.717) is 0 Å². The molecule has 0 saturated carbocycles. The van der Waals surface area contributed by atoms with Gasteiger partial charge in [-0.25, -0.2) is 0 Å². The monoisotopic (exact) mass is 144 g/mol. The second-order valence-electron chi connectivity index (χ2n) is 2.21. The van der Waals surface area contributed by atoms with Crippen LogP contribution >= 0.6 is 0 Å². The van der Waals surface area contributed by atoms with Gasteiger partial charge < -0.3 is 14.6 Å². The summed E-state index contributed by atoms with van der Waals surface area (Å²) < 4.78 is 10.1. The molecule has 0 aliphatic carbocycles. The lowest BCUT2D eigenvalue weighted by Crippen LogP contribution is -2.27. The summed E-state index contributed by atoms with van der Waals surface area (Å²) in [5.41, 5.74) is 0. The van der Waals surface area contributed by atoms with Gasteiger partial charge >= 0.3 is 0 Å². The first kappa shape index (κ1) is 7.72. The molecule has 0 aromatic heterocycles. The Labute approximate surface area is 60.3 Å². The first-order chi connectivity index (χ1) is 4.86. The van der Waals surface area contributed by atoms with Gasteiger partial charge in [0.15, 0.2) is 6.29 Å². The predicted octanol–water partition coefficient (Wildman–Crippen LogP) is 0.296. The van der Waals surface area contributed by atoms with Crippen molar-refractivity contribution in [1.82, 2.24) is 0 Å². The molecule has 0 saturated heterocycles. The van der Waals surface area contributed by atoms with Crippen molar-refractivity contribution >= 4 is 0 Å². The molecule has 1 aliphatic heterocycles. The maximum absolute atomic E-state index is 8.69. The SMILES string of the molecule is COC1C=CC[C@H](CO)O1. The van der Waals surface area contributed by atoms with Gasteiger partial charge in [-0.3, -0.25) is 0 Å². The Hall–Kier alpha value is -0.380. The van der Waals surface area contributed by atoms with E-state index in [2.05, 4.69) is 0 Å². The quantitative estimate of drug-likeness (QED) is 0.566. The Bertz CT molecular complexity index is 122. The van der Waals surface area contributed by atoms with Crippen LogP contribution < -0.4 is 0 Å². The zero-order valence-corrected chi connectivity index (χ0v) is 5.99. The third-order valence-electron chi connectivity index (χ3n) is 1.45. The van der Waals surface area contributed by atoms with E-state index in [1.807, 2.05) is 12.2 Å². The molecule has 3 heteroatoms. The average Bonchev–Trinajstić information content (AvgIpc) is 2.05. The largest absolute Gasteiger partial charge is 0.394 e. The van der Waals surface area contributed by atoms with Gasteiger partial charge in [-0.05, 0) is 12.5 Å². The number of rotatable bonds is 2. The van der Waals surface area contributed by atoms with Crippen LogP contribution in [0.5, 0.6) is 0 Å². The third kappa shape index (κ3) is 1.80. The number of hydrogen-bond donors (Lipinski definition) is 1. The van der Waals surface area contributed by atoms with Crippen molar-refractivity contribution in [3.05, 3.63) is 12.2 Å². The smallest absolute Gasteiger partial charge is 0.176 e. The molecule has 1 unspecified atom stereocenters. The molecule has 0 aromatic rings. The van der Waals surface area contributed by atoms with Gasteiger partial charge in [-0.1, -0.05) is 6.08 Å². The zero-order valence-electron chi connectivity index (χ0n) is 5.99. The van der Waals surface area contributed by atoms with Crippen molar-refractivity contribution in [1.29, 1.82) is 0 Å². The highest BCUT2D eigenvalue weighted by Crippen LogP contribution is 2.11. The molecule has 58 valence electrons. The van der Waals surface area contributed by atoms with Crippen LogP contribution in [-0.2, 0) is 9.47 Å². The van der Waals surface area contributed by atoms with Gasteiger partial charge in [0, 0.05) is 7.11 Å². The zero-order chi connectivity index (χ0) is 7.40. The molecule has 2 atom stereocenters. The van der Waals surface area contributed by atoms with Crippen molar-refractivity contribution in [3.63, 3.8) is 0 Å². The number of methoxy groups -OCH3 is 1. The predicted molar refractivity (Wildman–Crippen MR) is 36.5 cm³/mol. The van der Waals surface area contributed by atoms with Crippen molar-refractivity contribution < 1.29 is 14.6 Å². The number of hydrogen-bond acceptors (Lipinski definition) is 3. The molecule has 1 heterocycles. The summed E-state index contributed by atoms with van der Waals surface area (Å²) in [5, 5.41) is 8.69. The molecule has 0 bridgehead atoms. The maximum Gasteiger partial charge on any atom is 0.176 e. The van der Waals surface area contributed by atoms with Gasteiger partial charge in [0.2, 0.25) is 0 Å². The highest BCUT2D eigenvalue weighted by Gasteiger charge is 2.15. The van der Waals surface area contributed by atoms with E-state index in [1.165, 1.54) is 0 Å². The lowest BCUT2D eigenvalue weighted by Gasteiger charge is -2.22. The minimum atomic E-state index is -0.272. The molecule has 10 heavy (non-hydrogen) atoms. The number of aliphatic hydroxyl groups excluding tert-OH is 1. The molecule has 0 aromatic carbocycles. The summed E-state index contributed by atoms with van der Waals surface area (Å²) in [7, 11) is 1.58. The summed E-state index contributed by atoms with van der Waals surface area (Å²) in [6, 6.07) is 0. The number of ether oxygens (including phenoxy) is 2. The van der Waals surface area contributed by atoms with Gasteiger partial charge in [-0.2, -0.15) is 0 Å². The van der Waals surface area contributed by atoms with Crippen LogP contribution in [0.2, 0.25) is 0 Å². The molecule has 0 fully saturated rings. The topological polar surface area (TPSA) is 38.7 Å². The minimum absolute atomic E-state index is 0.0597. The van der Waals surface area contributed by atoms with Crippen molar-refractivity contribution in [2.24, 2.45) is 0 Å². The molecule has 0 radical (unpaired) electrons. The van der Waals surface area contributed by atoms with Crippen LogP contribution in [0.3, 0.4) is 0 Å². The van der Waals surface area contributed by atoms with E-state index in [1.54, 1.807) is 7.11 Å². The van der Waals surface area contributed by atoms with Crippen LogP contribution in [0.15, 0.2) is 12.2 Å². The standard InChI is InChI=1S/C7H12O3/c1-9-7-4-2-3-6(5-8)10-7/h2,4,6-8H,3,5H2,1H3/t6-,7?/m1/s1. The minimum Gasteiger partial charge on any atom is -0.394 e. The maximum atomic E-state index is 8.69. The van der Waals surface area contributed by atoms with E-state index in [-0.39, 0.29) is 19.0 Å². The average molecular weight is 144 g/mol. The fourth-order valence-corrected chi connectivity index (χ4v) is 0.884. The van der Waals surface area contributed by atoms with Crippen LogP contribution in [0.1, 0.15) is 6.42 Å². The van der Waals surface area contributed by atoms with E-state index in [9.17, 15) is 0 Å². The van der Waals surface area contributed by atoms with E-state index < -0.39 is 0 Å². The van der Waals surface area contributed by atoms with E-state index in [0.717, 1.165) is 6.42 Å². The summed E-state index contributed by atoms with van der Waals surface area (Å²) in [6.07, 6.45) is 4.21. The van der Waals surface area contributed by atoms with Gasteiger partial charge in [0.25, 0.3) is 0 Å². The Morgan fingerprint density at radius 1 is 1.80 bits per heavy atom. The Kier molecular flexibility index (Phi) is 2.86. The summed E-state index contributed by atoms with van der Waals surface area (Å²) in [6.45, 7) is 0.0597. The summed E-state index contributed by atoms with van der Waals surface area (Å²) >= 11 is 0. The second kappa shape index (κ2) is 3.71. The number of aliphatic hydroxyl groups is 1. The van der Waals surface area contributed by atoms with Crippen molar-refractivity contribution in [2.75, 3.05) is 13.7 Å². The van der Waals surface area contributed by atoms with Gasteiger partial charge in [0.1, 0.15) is 0 Å². The molecule has 0 spiro atoms. The molecule has 1 aliphatic rings. The summed E-state index contributed by atoms with van der Waals surface area (Å²) in [4.78, 5) is 0. The lowest BCUT2D eigenvalue weighted by molar-refractivity contribution is -0.141. The van der Waals surface area contributed by atoms with Gasteiger partial charge in [0.05, 0.1) is 12.7 Å². The normalized spacial score (nSPS) is 32.6. The van der Waals surface area contributed by atoms with Crippen LogP contribution in [0.4, 0.5) is 0 Å². The van der Waals surface area contributed by atoms with Crippen LogP contribution in [0, 0.1) is 0 Å². The van der Waals surface area contributed by atoms with Crippen LogP contribution in [0.25, 0.3) is 0 Å². The molecule has 1 rings (SSSR count). The molecular formula is C7H12O3. The highest BCUT2D eigenvalue weighted by atomic mass is 16.7. The molecule has 1 N–H and O–H groups in total. The molecule has 3 nitrogen and oxygen atoms in total. The highest BCUT2D eigenvalue weighted by molar-refractivity contribution is 4.92. The summed E-state index contributed by atoms with van der Waals surface area (Å²) in [5.74, 6) is 0.